The van der Waals surface area contributed by atoms with Gasteiger partial charge in [-0.25, -0.2) is 0 Å². The van der Waals surface area contributed by atoms with Crippen molar-refractivity contribution in [3.05, 3.63) is 70.8 Å². The standard InChI is InChI=1S/C24H30N2O/c1-19-5-4-8-23(17-19)24(27)26-15-9-20(10-16-26)18-25-13-11-21-6-2-3-7-22(21)12-14-25/h2-8,17,20H,9-16,18H2,1H3. The largest absolute Gasteiger partial charge is 0.339 e. The summed E-state index contributed by atoms with van der Waals surface area (Å²) in [4.78, 5) is 17.4. The maximum Gasteiger partial charge on any atom is 0.253 e. The number of hydrogen-bond donors (Lipinski definition) is 0. The number of nitrogens with zero attached hydrogens (tertiary/aromatic N) is 2. The van der Waals surface area contributed by atoms with Gasteiger partial charge in [0, 0.05) is 38.3 Å². The summed E-state index contributed by atoms with van der Waals surface area (Å²) in [5.74, 6) is 0.912. The Bertz CT molecular complexity index is 765. The lowest BCUT2D eigenvalue weighted by molar-refractivity contribution is 0.0668. The topological polar surface area (TPSA) is 23.6 Å². The number of aryl methyl sites for hydroxylation is 1. The van der Waals surface area contributed by atoms with Crippen molar-refractivity contribution in [1.29, 1.82) is 0 Å². The van der Waals surface area contributed by atoms with Gasteiger partial charge in [-0.05, 0) is 61.8 Å². The van der Waals surface area contributed by atoms with Crippen molar-refractivity contribution in [3.63, 3.8) is 0 Å². The third-order valence-electron chi connectivity index (χ3n) is 6.20. The van der Waals surface area contributed by atoms with E-state index in [1.54, 1.807) is 0 Å². The van der Waals surface area contributed by atoms with E-state index in [-0.39, 0.29) is 5.91 Å². The lowest BCUT2D eigenvalue weighted by atomic mass is 9.95. The lowest BCUT2D eigenvalue weighted by Gasteiger charge is -2.34. The molecular weight excluding hydrogens is 332 g/mol. The van der Waals surface area contributed by atoms with Crippen LogP contribution in [0.2, 0.25) is 0 Å². The fourth-order valence-corrected chi connectivity index (χ4v) is 4.54. The highest BCUT2D eigenvalue weighted by atomic mass is 16.2. The molecule has 3 heteroatoms. The van der Waals surface area contributed by atoms with Gasteiger partial charge in [-0.15, -0.1) is 0 Å². The first-order valence-electron chi connectivity index (χ1n) is 10.3. The number of rotatable bonds is 3. The number of hydrogen-bond acceptors (Lipinski definition) is 2. The van der Waals surface area contributed by atoms with Gasteiger partial charge in [0.15, 0.2) is 0 Å². The van der Waals surface area contributed by atoms with Gasteiger partial charge in [-0.1, -0.05) is 42.0 Å². The lowest BCUT2D eigenvalue weighted by Crippen LogP contribution is -2.42. The summed E-state index contributed by atoms with van der Waals surface area (Å²) in [7, 11) is 0. The van der Waals surface area contributed by atoms with Crippen molar-refractivity contribution >= 4 is 5.91 Å². The first kappa shape index (κ1) is 18.2. The van der Waals surface area contributed by atoms with E-state index in [0.29, 0.717) is 5.92 Å². The zero-order chi connectivity index (χ0) is 18.6. The average molecular weight is 363 g/mol. The Morgan fingerprint density at radius 2 is 1.59 bits per heavy atom. The van der Waals surface area contributed by atoms with Gasteiger partial charge in [0.2, 0.25) is 0 Å². The summed E-state index contributed by atoms with van der Waals surface area (Å²) in [6, 6.07) is 16.9. The molecule has 2 aliphatic rings. The van der Waals surface area contributed by atoms with Gasteiger partial charge in [0.25, 0.3) is 5.91 Å². The van der Waals surface area contributed by atoms with E-state index in [1.165, 1.54) is 43.6 Å². The van der Waals surface area contributed by atoms with Crippen LogP contribution in [-0.4, -0.2) is 48.4 Å². The van der Waals surface area contributed by atoms with Gasteiger partial charge in [-0.3, -0.25) is 4.79 Å². The number of carbonyl (C=O) groups excluding carboxylic acids is 1. The second kappa shape index (κ2) is 8.26. The van der Waals surface area contributed by atoms with Crippen LogP contribution in [0.1, 0.15) is 39.9 Å². The molecule has 1 saturated heterocycles. The molecule has 2 heterocycles. The molecule has 0 saturated carbocycles. The molecular formula is C24H30N2O. The smallest absolute Gasteiger partial charge is 0.253 e. The van der Waals surface area contributed by atoms with E-state index < -0.39 is 0 Å². The van der Waals surface area contributed by atoms with Gasteiger partial charge >= 0.3 is 0 Å². The molecule has 0 atom stereocenters. The van der Waals surface area contributed by atoms with E-state index in [9.17, 15) is 4.79 Å². The van der Waals surface area contributed by atoms with Gasteiger partial charge in [-0.2, -0.15) is 0 Å². The minimum atomic E-state index is 0.197. The number of carbonyl (C=O) groups is 1. The van der Waals surface area contributed by atoms with E-state index in [1.807, 2.05) is 36.1 Å². The third-order valence-corrected chi connectivity index (χ3v) is 6.20. The van der Waals surface area contributed by atoms with Crippen LogP contribution in [0.15, 0.2) is 48.5 Å². The molecule has 1 fully saturated rings. The molecule has 0 N–H and O–H groups in total. The normalized spacial score (nSPS) is 18.8. The maximum atomic E-state index is 12.7. The number of fused-ring (bicyclic) bond motifs is 1. The summed E-state index contributed by atoms with van der Waals surface area (Å²) in [6.45, 7) is 7.35. The highest BCUT2D eigenvalue weighted by Gasteiger charge is 2.25. The Morgan fingerprint density at radius 1 is 0.926 bits per heavy atom. The Labute approximate surface area is 163 Å². The molecule has 2 aliphatic heterocycles. The van der Waals surface area contributed by atoms with Crippen LogP contribution in [0.3, 0.4) is 0 Å². The molecule has 27 heavy (non-hydrogen) atoms. The maximum absolute atomic E-state index is 12.7. The Kier molecular flexibility index (Phi) is 5.58. The fraction of sp³-hybridized carbons (Fsp3) is 0.458. The average Bonchev–Trinajstić information content (AvgIpc) is 2.91. The van der Waals surface area contributed by atoms with Gasteiger partial charge in [0.05, 0.1) is 0 Å². The van der Waals surface area contributed by atoms with Crippen molar-refractivity contribution in [2.24, 2.45) is 5.92 Å². The van der Waals surface area contributed by atoms with Crippen LogP contribution in [0.25, 0.3) is 0 Å². The molecule has 0 radical (unpaired) electrons. The molecule has 4 rings (SSSR count). The predicted molar refractivity (Wildman–Crippen MR) is 110 cm³/mol. The number of piperidine rings is 1. The quantitative estimate of drug-likeness (QED) is 0.825. The van der Waals surface area contributed by atoms with Crippen molar-refractivity contribution in [2.75, 3.05) is 32.7 Å². The molecule has 0 aromatic heterocycles. The molecule has 3 nitrogen and oxygen atoms in total. The Morgan fingerprint density at radius 3 is 2.22 bits per heavy atom. The van der Waals surface area contributed by atoms with Crippen LogP contribution in [-0.2, 0) is 12.8 Å². The minimum Gasteiger partial charge on any atom is -0.339 e. The predicted octanol–water partition coefficient (Wildman–Crippen LogP) is 3.95. The van der Waals surface area contributed by atoms with Crippen molar-refractivity contribution in [2.45, 2.75) is 32.6 Å². The highest BCUT2D eigenvalue weighted by Crippen LogP contribution is 2.22. The molecule has 0 spiro atoms. The Hall–Kier alpha value is -2.13. The second-order valence-corrected chi connectivity index (χ2v) is 8.17. The van der Waals surface area contributed by atoms with Crippen LogP contribution in [0.4, 0.5) is 0 Å². The molecule has 142 valence electrons. The number of benzene rings is 2. The Balaban J connectivity index is 1.28. The first-order valence-corrected chi connectivity index (χ1v) is 10.3. The van der Waals surface area contributed by atoms with Gasteiger partial charge in [0.1, 0.15) is 0 Å². The fourth-order valence-electron chi connectivity index (χ4n) is 4.54. The first-order chi connectivity index (χ1) is 13.2. The number of amides is 1. The van der Waals surface area contributed by atoms with Crippen molar-refractivity contribution < 1.29 is 4.79 Å². The highest BCUT2D eigenvalue weighted by molar-refractivity contribution is 5.94. The summed E-state index contributed by atoms with van der Waals surface area (Å²) >= 11 is 0. The zero-order valence-electron chi connectivity index (χ0n) is 16.4. The number of likely N-dealkylation sites (tertiary alicyclic amines) is 1. The minimum absolute atomic E-state index is 0.197. The van der Waals surface area contributed by atoms with E-state index >= 15 is 0 Å². The van der Waals surface area contributed by atoms with Crippen LogP contribution in [0, 0.1) is 12.8 Å². The SMILES string of the molecule is Cc1cccc(C(=O)N2CCC(CN3CCc4ccccc4CC3)CC2)c1. The van der Waals surface area contributed by atoms with E-state index in [4.69, 9.17) is 0 Å². The van der Waals surface area contributed by atoms with Crippen molar-refractivity contribution in [3.8, 4) is 0 Å². The van der Waals surface area contributed by atoms with Crippen molar-refractivity contribution in [1.82, 2.24) is 9.80 Å². The van der Waals surface area contributed by atoms with E-state index in [2.05, 4.69) is 29.2 Å². The summed E-state index contributed by atoms with van der Waals surface area (Å²) in [5, 5.41) is 0. The van der Waals surface area contributed by atoms with Crippen LogP contribution < -0.4 is 0 Å². The molecule has 2 aromatic carbocycles. The molecule has 0 unspecified atom stereocenters. The van der Waals surface area contributed by atoms with Crippen LogP contribution >= 0.6 is 0 Å². The zero-order valence-corrected chi connectivity index (χ0v) is 16.4. The van der Waals surface area contributed by atoms with E-state index in [0.717, 1.165) is 37.1 Å². The summed E-state index contributed by atoms with van der Waals surface area (Å²) < 4.78 is 0. The third kappa shape index (κ3) is 4.41. The molecule has 1 amide bonds. The molecule has 0 bridgehead atoms. The summed E-state index contributed by atoms with van der Waals surface area (Å²) in [6.07, 6.45) is 4.59. The molecule has 2 aromatic rings. The summed E-state index contributed by atoms with van der Waals surface area (Å²) in [5.41, 5.74) is 5.04. The van der Waals surface area contributed by atoms with Gasteiger partial charge < -0.3 is 9.80 Å². The second-order valence-electron chi connectivity index (χ2n) is 8.17. The van der Waals surface area contributed by atoms with Crippen LogP contribution in [0.5, 0.6) is 0 Å². The monoisotopic (exact) mass is 362 g/mol. The molecule has 0 aliphatic carbocycles.